The van der Waals surface area contributed by atoms with E-state index in [4.69, 9.17) is 0 Å². The predicted molar refractivity (Wildman–Crippen MR) is 170 cm³/mol. The molecular weight excluding hydrogens is 460 g/mol. The van der Waals surface area contributed by atoms with Crippen molar-refractivity contribution in [2.24, 2.45) is 7.05 Å². The van der Waals surface area contributed by atoms with E-state index in [1.807, 2.05) is 0 Å². The molecule has 0 N–H and O–H groups in total. The minimum Gasteiger partial charge on any atom is -0.237 e. The summed E-state index contributed by atoms with van der Waals surface area (Å²) >= 11 is 0. The monoisotopic (exact) mass is 532 g/mol. The van der Waals surface area contributed by atoms with Gasteiger partial charge in [0.25, 0.3) is 5.82 Å². The average molecular weight is 532 g/mol. The van der Waals surface area contributed by atoms with Crippen LogP contribution in [0, 0.1) is 0 Å². The topological polar surface area (TPSA) is 8.81 Å². The fraction of sp³-hybridized carbons (Fsp3) is 0.917. The Bertz CT molecular complexity index is 590. The Morgan fingerprint density at radius 1 is 0.447 bits per heavy atom. The fourth-order valence-electron chi connectivity index (χ4n) is 6.03. The third kappa shape index (κ3) is 21.1. The van der Waals surface area contributed by atoms with Gasteiger partial charge in [0.05, 0.1) is 13.6 Å². The third-order valence-corrected chi connectivity index (χ3v) is 8.72. The highest BCUT2D eigenvalue weighted by molar-refractivity contribution is 4.84. The highest BCUT2D eigenvalue weighted by Gasteiger charge is 2.13. The zero-order valence-electron chi connectivity index (χ0n) is 26.8. The second-order valence-electron chi connectivity index (χ2n) is 12.5. The van der Waals surface area contributed by atoms with E-state index in [2.05, 4.69) is 42.4 Å². The molecule has 0 spiro atoms. The van der Waals surface area contributed by atoms with Crippen molar-refractivity contribution in [1.29, 1.82) is 0 Å². The standard InChI is InChI=1S/C36H71N2/c1-4-6-8-10-12-14-16-18-20-22-24-26-28-30-32-36-37(3)34-35-38(36)33-31-29-27-25-23-21-19-17-15-13-11-9-7-5-2/h34-35H,4-33H2,1-3H3/q+1. The molecule has 0 saturated carbocycles. The first-order chi connectivity index (χ1) is 18.8. The normalized spacial score (nSPS) is 11.6. The first-order valence-corrected chi connectivity index (χ1v) is 17.8. The third-order valence-electron chi connectivity index (χ3n) is 8.72. The smallest absolute Gasteiger partial charge is 0.237 e. The van der Waals surface area contributed by atoms with Gasteiger partial charge in [-0.3, -0.25) is 0 Å². The van der Waals surface area contributed by atoms with Crippen LogP contribution in [0.5, 0.6) is 0 Å². The minimum absolute atomic E-state index is 1.22. The molecule has 0 aliphatic rings. The van der Waals surface area contributed by atoms with Gasteiger partial charge in [0.15, 0.2) is 0 Å². The molecule has 2 heteroatoms. The van der Waals surface area contributed by atoms with Crippen LogP contribution in [0.15, 0.2) is 12.4 Å². The van der Waals surface area contributed by atoms with Crippen LogP contribution in [0.4, 0.5) is 0 Å². The summed E-state index contributed by atoms with van der Waals surface area (Å²) in [5, 5.41) is 0. The number of aryl methyl sites for hydroxylation is 2. The van der Waals surface area contributed by atoms with E-state index in [0.717, 1.165) is 0 Å². The molecule has 0 saturated heterocycles. The van der Waals surface area contributed by atoms with Crippen molar-refractivity contribution >= 4 is 0 Å². The molecule has 0 bridgehead atoms. The highest BCUT2D eigenvalue weighted by atomic mass is 15.1. The Morgan fingerprint density at radius 2 is 0.763 bits per heavy atom. The van der Waals surface area contributed by atoms with Crippen molar-refractivity contribution in [2.75, 3.05) is 0 Å². The summed E-state index contributed by atoms with van der Waals surface area (Å²) in [6.45, 7) is 5.83. The van der Waals surface area contributed by atoms with E-state index >= 15 is 0 Å². The molecule has 1 heterocycles. The van der Waals surface area contributed by atoms with Crippen molar-refractivity contribution in [3.63, 3.8) is 0 Å². The predicted octanol–water partition coefficient (Wildman–Crippen LogP) is 11.8. The van der Waals surface area contributed by atoms with Crippen LogP contribution < -0.4 is 4.57 Å². The van der Waals surface area contributed by atoms with Gasteiger partial charge < -0.3 is 0 Å². The van der Waals surface area contributed by atoms with Gasteiger partial charge >= 0.3 is 0 Å². The lowest BCUT2D eigenvalue weighted by Gasteiger charge is -2.05. The van der Waals surface area contributed by atoms with E-state index < -0.39 is 0 Å². The number of hydrogen-bond acceptors (Lipinski definition) is 0. The first kappa shape index (κ1) is 35.2. The number of imidazole rings is 1. The molecule has 2 nitrogen and oxygen atoms in total. The quantitative estimate of drug-likeness (QED) is 0.0689. The zero-order valence-corrected chi connectivity index (χ0v) is 26.8. The molecule has 0 aliphatic carbocycles. The fourth-order valence-corrected chi connectivity index (χ4v) is 6.03. The Balaban J connectivity index is 1.92. The lowest BCUT2D eigenvalue weighted by Crippen LogP contribution is -2.32. The van der Waals surface area contributed by atoms with Gasteiger partial charge in [-0.05, 0) is 19.3 Å². The number of unbranched alkanes of at least 4 members (excludes halogenated alkanes) is 26. The van der Waals surface area contributed by atoms with Crippen LogP contribution in [-0.4, -0.2) is 4.57 Å². The van der Waals surface area contributed by atoms with Gasteiger partial charge in [-0.15, -0.1) is 0 Å². The number of hydrogen-bond donors (Lipinski definition) is 0. The molecule has 0 fully saturated rings. The average Bonchev–Trinajstić information content (AvgIpc) is 3.27. The summed E-state index contributed by atoms with van der Waals surface area (Å²) in [7, 11) is 2.24. The molecule has 0 aliphatic heterocycles. The molecule has 0 atom stereocenters. The van der Waals surface area contributed by atoms with E-state index in [-0.39, 0.29) is 0 Å². The second kappa shape index (κ2) is 27.8. The molecule has 1 aromatic heterocycles. The lowest BCUT2D eigenvalue weighted by molar-refractivity contribution is -0.678. The summed E-state index contributed by atoms with van der Waals surface area (Å²) in [5.74, 6) is 1.54. The van der Waals surface area contributed by atoms with E-state index in [1.54, 1.807) is 5.82 Å². The van der Waals surface area contributed by atoms with E-state index in [0.29, 0.717) is 0 Å². The van der Waals surface area contributed by atoms with E-state index in [1.165, 1.54) is 193 Å². The van der Waals surface area contributed by atoms with Crippen molar-refractivity contribution in [2.45, 2.75) is 207 Å². The Labute approximate surface area is 240 Å². The Morgan fingerprint density at radius 3 is 1.13 bits per heavy atom. The lowest BCUT2D eigenvalue weighted by atomic mass is 10.0. The molecule has 1 aromatic rings. The Hall–Kier alpha value is -0.790. The van der Waals surface area contributed by atoms with Crippen LogP contribution in [0.3, 0.4) is 0 Å². The molecular formula is C36H71N2+. The SMILES string of the molecule is CCCCCCCCCCCCCCCCc1n(CCCCCCCCCCCCCCCC)cc[n+]1C. The maximum absolute atomic E-state index is 2.54. The van der Waals surface area contributed by atoms with Crippen molar-refractivity contribution in [1.82, 2.24) is 4.57 Å². The number of aromatic nitrogens is 2. The van der Waals surface area contributed by atoms with Crippen LogP contribution in [0.1, 0.15) is 199 Å². The van der Waals surface area contributed by atoms with Crippen molar-refractivity contribution in [3.8, 4) is 0 Å². The maximum Gasteiger partial charge on any atom is 0.256 e. The van der Waals surface area contributed by atoms with E-state index in [9.17, 15) is 0 Å². The molecule has 38 heavy (non-hydrogen) atoms. The van der Waals surface area contributed by atoms with Crippen LogP contribution in [0.25, 0.3) is 0 Å². The van der Waals surface area contributed by atoms with Crippen molar-refractivity contribution < 1.29 is 4.57 Å². The van der Waals surface area contributed by atoms with Gasteiger partial charge in [-0.1, -0.05) is 174 Å². The molecule has 0 amide bonds. The van der Waals surface area contributed by atoms with Crippen LogP contribution >= 0.6 is 0 Å². The van der Waals surface area contributed by atoms with Gasteiger partial charge in [0.2, 0.25) is 0 Å². The summed E-state index contributed by atoms with van der Waals surface area (Å²) in [6.07, 6.45) is 46.2. The molecule has 0 aromatic carbocycles. The summed E-state index contributed by atoms with van der Waals surface area (Å²) < 4.78 is 4.91. The van der Waals surface area contributed by atoms with Crippen molar-refractivity contribution in [3.05, 3.63) is 18.2 Å². The van der Waals surface area contributed by atoms with Gasteiger partial charge in [-0.25, -0.2) is 9.13 Å². The van der Waals surface area contributed by atoms with Crippen LogP contribution in [-0.2, 0) is 20.0 Å². The summed E-state index contributed by atoms with van der Waals surface area (Å²) in [4.78, 5) is 0. The second-order valence-corrected chi connectivity index (χ2v) is 12.5. The summed E-state index contributed by atoms with van der Waals surface area (Å²) in [6, 6.07) is 0. The highest BCUT2D eigenvalue weighted by Crippen LogP contribution is 2.15. The van der Waals surface area contributed by atoms with Gasteiger partial charge in [-0.2, -0.15) is 0 Å². The first-order valence-electron chi connectivity index (χ1n) is 17.8. The minimum atomic E-state index is 1.22. The zero-order chi connectivity index (χ0) is 27.4. The number of rotatable bonds is 30. The van der Waals surface area contributed by atoms with Gasteiger partial charge in [0, 0.05) is 6.42 Å². The molecule has 224 valence electrons. The summed E-state index contributed by atoms with van der Waals surface area (Å²) in [5.41, 5.74) is 0. The molecule has 0 radical (unpaired) electrons. The largest absolute Gasteiger partial charge is 0.256 e. The molecule has 0 unspecified atom stereocenters. The van der Waals surface area contributed by atoms with Crippen LogP contribution in [0.2, 0.25) is 0 Å². The maximum atomic E-state index is 2.54. The number of nitrogens with zero attached hydrogens (tertiary/aromatic N) is 2. The molecule has 1 rings (SSSR count). The Kier molecular flexibility index (Phi) is 25.7. The van der Waals surface area contributed by atoms with Gasteiger partial charge in [0.1, 0.15) is 12.4 Å².